The number of hydrogen-bond acceptors (Lipinski definition) is 3. The Balaban J connectivity index is 2.22. The minimum absolute atomic E-state index is 0.147. The zero-order chi connectivity index (χ0) is 9.31. The number of hydroxylamine groups is 1. The minimum Gasteiger partial charge on any atom is -0.497 e. The predicted octanol–water partition coefficient (Wildman–Crippen LogP) is 1.61. The van der Waals surface area contributed by atoms with E-state index in [4.69, 9.17) is 9.57 Å². The lowest BCUT2D eigenvalue weighted by molar-refractivity contribution is -0.0966. The van der Waals surface area contributed by atoms with Gasteiger partial charge in [-0.1, -0.05) is 12.1 Å². The summed E-state index contributed by atoms with van der Waals surface area (Å²) in [5.74, 6) is 0.868. The quantitative estimate of drug-likeness (QED) is 0.746. The van der Waals surface area contributed by atoms with E-state index in [9.17, 15) is 0 Å². The third kappa shape index (κ3) is 1.41. The minimum atomic E-state index is -0.147. The molecule has 3 heteroatoms. The van der Waals surface area contributed by atoms with E-state index in [0.29, 0.717) is 0 Å². The Hall–Kier alpha value is -1.06. The highest BCUT2D eigenvalue weighted by Crippen LogP contribution is 2.31. The molecule has 3 nitrogen and oxygen atoms in total. The Labute approximate surface area is 77.6 Å². The fraction of sp³-hybridized carbons (Fsp3) is 0.300. The molecule has 1 unspecified atom stereocenters. The van der Waals surface area contributed by atoms with E-state index >= 15 is 0 Å². The molecule has 1 saturated heterocycles. The Morgan fingerprint density at radius 2 is 1.92 bits per heavy atom. The zero-order valence-corrected chi connectivity index (χ0v) is 7.70. The van der Waals surface area contributed by atoms with Crippen molar-refractivity contribution >= 4 is 0 Å². The third-order valence-electron chi connectivity index (χ3n) is 2.26. The number of rotatable bonds is 2. The second-order valence-electron chi connectivity index (χ2n) is 3.27. The topological polar surface area (TPSA) is 30.5 Å². The molecule has 0 aliphatic carbocycles. The van der Waals surface area contributed by atoms with Gasteiger partial charge < -0.3 is 4.74 Å². The normalized spacial score (nSPS) is 26.6. The van der Waals surface area contributed by atoms with Crippen molar-refractivity contribution in [1.82, 2.24) is 5.48 Å². The summed E-state index contributed by atoms with van der Waals surface area (Å²) >= 11 is 0. The van der Waals surface area contributed by atoms with Crippen molar-refractivity contribution in [2.24, 2.45) is 0 Å². The zero-order valence-electron chi connectivity index (χ0n) is 7.70. The summed E-state index contributed by atoms with van der Waals surface area (Å²) in [7, 11) is 1.66. The molecule has 0 bridgehead atoms. The first-order chi connectivity index (χ1) is 6.24. The van der Waals surface area contributed by atoms with E-state index in [0.717, 1.165) is 5.75 Å². The SMILES string of the molecule is COc1ccc(C2(C)[CH]ON2)cc1. The average molecular weight is 178 g/mol. The number of methoxy groups -OCH3 is 1. The van der Waals surface area contributed by atoms with Crippen LogP contribution in [0.4, 0.5) is 0 Å². The van der Waals surface area contributed by atoms with Gasteiger partial charge in [-0.3, -0.25) is 4.84 Å². The summed E-state index contributed by atoms with van der Waals surface area (Å²) in [6.07, 6.45) is 0. The standard InChI is InChI=1S/C10H12NO2/c1-10(7-13-11-10)8-3-5-9(12-2)6-4-8/h3-7,11H,1-2H3. The Kier molecular flexibility index (Phi) is 1.98. The molecule has 0 spiro atoms. The fourth-order valence-electron chi connectivity index (χ4n) is 1.30. The van der Waals surface area contributed by atoms with Crippen LogP contribution in [0.15, 0.2) is 24.3 Å². The second kappa shape index (κ2) is 3.01. The molecule has 1 aromatic rings. The second-order valence-corrected chi connectivity index (χ2v) is 3.27. The smallest absolute Gasteiger partial charge is 0.134 e. The summed E-state index contributed by atoms with van der Waals surface area (Å²) < 4.78 is 5.07. The van der Waals surface area contributed by atoms with Gasteiger partial charge in [0.05, 0.1) is 12.6 Å². The van der Waals surface area contributed by atoms with E-state index in [-0.39, 0.29) is 5.54 Å². The molecule has 1 N–H and O–H groups in total. The van der Waals surface area contributed by atoms with Crippen LogP contribution in [0.5, 0.6) is 5.75 Å². The van der Waals surface area contributed by atoms with Gasteiger partial charge in [0, 0.05) is 0 Å². The molecule has 1 atom stereocenters. The fourth-order valence-corrected chi connectivity index (χ4v) is 1.30. The largest absolute Gasteiger partial charge is 0.497 e. The maximum absolute atomic E-state index is 5.07. The van der Waals surface area contributed by atoms with Gasteiger partial charge in [0.25, 0.3) is 0 Å². The highest BCUT2D eigenvalue weighted by molar-refractivity contribution is 5.33. The molecule has 13 heavy (non-hydrogen) atoms. The molecule has 0 saturated carbocycles. The third-order valence-corrected chi connectivity index (χ3v) is 2.26. The molecule has 1 radical (unpaired) electrons. The number of ether oxygens (including phenoxy) is 1. The van der Waals surface area contributed by atoms with Crippen LogP contribution < -0.4 is 10.2 Å². The van der Waals surface area contributed by atoms with Crippen molar-refractivity contribution in [2.45, 2.75) is 12.5 Å². The van der Waals surface area contributed by atoms with E-state index in [2.05, 4.69) is 12.4 Å². The van der Waals surface area contributed by atoms with Crippen LogP contribution in [-0.4, -0.2) is 7.11 Å². The van der Waals surface area contributed by atoms with Crippen molar-refractivity contribution in [1.29, 1.82) is 0 Å². The van der Waals surface area contributed by atoms with Gasteiger partial charge in [0.1, 0.15) is 12.4 Å². The number of hydrogen-bond donors (Lipinski definition) is 1. The number of nitrogens with one attached hydrogen (secondary N) is 1. The van der Waals surface area contributed by atoms with Gasteiger partial charge in [0.15, 0.2) is 0 Å². The summed E-state index contributed by atoms with van der Waals surface area (Å²) in [6.45, 7) is 3.83. The monoisotopic (exact) mass is 178 g/mol. The van der Waals surface area contributed by atoms with Crippen LogP contribution in [0.1, 0.15) is 12.5 Å². The summed E-state index contributed by atoms with van der Waals surface area (Å²) in [6, 6.07) is 7.92. The Bertz CT molecular complexity index is 290. The van der Waals surface area contributed by atoms with Crippen molar-refractivity contribution in [2.75, 3.05) is 7.11 Å². The molecule has 1 heterocycles. The van der Waals surface area contributed by atoms with Crippen molar-refractivity contribution in [3.8, 4) is 5.75 Å². The van der Waals surface area contributed by atoms with Gasteiger partial charge in [-0.15, -0.1) is 0 Å². The first-order valence-corrected chi connectivity index (χ1v) is 4.16. The molecular formula is C10H12NO2. The Morgan fingerprint density at radius 1 is 1.31 bits per heavy atom. The van der Waals surface area contributed by atoms with Crippen LogP contribution in [-0.2, 0) is 10.4 Å². The van der Waals surface area contributed by atoms with Crippen LogP contribution in [0.3, 0.4) is 0 Å². The summed E-state index contributed by atoms with van der Waals surface area (Å²) in [4.78, 5) is 4.84. The van der Waals surface area contributed by atoms with Gasteiger partial charge in [0.2, 0.25) is 0 Å². The van der Waals surface area contributed by atoms with Crippen LogP contribution in [0.2, 0.25) is 0 Å². The molecule has 1 aliphatic rings. The molecular weight excluding hydrogens is 166 g/mol. The van der Waals surface area contributed by atoms with Crippen molar-refractivity contribution in [3.63, 3.8) is 0 Å². The molecule has 2 rings (SSSR count). The van der Waals surface area contributed by atoms with Crippen LogP contribution >= 0.6 is 0 Å². The lowest BCUT2D eigenvalue weighted by Gasteiger charge is -2.38. The van der Waals surface area contributed by atoms with Crippen LogP contribution in [0.25, 0.3) is 0 Å². The number of benzene rings is 1. The van der Waals surface area contributed by atoms with E-state index in [1.807, 2.05) is 24.3 Å². The molecule has 1 aromatic carbocycles. The molecule has 0 aromatic heterocycles. The summed E-state index contributed by atoms with van der Waals surface area (Å²) in [5.41, 5.74) is 3.90. The maximum Gasteiger partial charge on any atom is 0.134 e. The summed E-state index contributed by atoms with van der Waals surface area (Å²) in [5, 5.41) is 0. The highest BCUT2D eigenvalue weighted by atomic mass is 16.7. The van der Waals surface area contributed by atoms with E-state index in [1.54, 1.807) is 13.7 Å². The molecule has 69 valence electrons. The van der Waals surface area contributed by atoms with Crippen molar-refractivity contribution in [3.05, 3.63) is 36.4 Å². The van der Waals surface area contributed by atoms with Gasteiger partial charge >= 0.3 is 0 Å². The van der Waals surface area contributed by atoms with Gasteiger partial charge in [-0.25, -0.2) is 0 Å². The molecule has 0 amide bonds. The van der Waals surface area contributed by atoms with Crippen LogP contribution in [0, 0.1) is 6.61 Å². The molecule has 1 fully saturated rings. The lowest BCUT2D eigenvalue weighted by Crippen LogP contribution is -2.50. The molecule has 1 aliphatic heterocycles. The first-order valence-electron chi connectivity index (χ1n) is 4.16. The first kappa shape index (κ1) is 8.53. The van der Waals surface area contributed by atoms with Crippen molar-refractivity contribution < 1.29 is 9.57 Å². The Morgan fingerprint density at radius 3 is 2.31 bits per heavy atom. The lowest BCUT2D eigenvalue weighted by atomic mass is 9.92. The maximum atomic E-state index is 5.07. The predicted molar refractivity (Wildman–Crippen MR) is 48.9 cm³/mol. The van der Waals surface area contributed by atoms with E-state index in [1.165, 1.54) is 5.56 Å². The average Bonchev–Trinajstić information content (AvgIpc) is 2.14. The highest BCUT2D eigenvalue weighted by Gasteiger charge is 2.35. The van der Waals surface area contributed by atoms with Gasteiger partial charge in [-0.2, -0.15) is 5.48 Å². The van der Waals surface area contributed by atoms with Gasteiger partial charge in [-0.05, 0) is 24.6 Å². The van der Waals surface area contributed by atoms with E-state index < -0.39 is 0 Å².